The fraction of sp³-hybridized carbons (Fsp3) is 0.474. The third-order valence-corrected chi connectivity index (χ3v) is 5.83. The van der Waals surface area contributed by atoms with Crippen LogP contribution < -0.4 is 5.32 Å². The van der Waals surface area contributed by atoms with Gasteiger partial charge in [0.1, 0.15) is 10.3 Å². The minimum Gasteiger partial charge on any atom is -0.350 e. The smallest absolute Gasteiger partial charge is 0.350 e. The molecule has 0 spiro atoms. The molecule has 152 valence electrons. The highest BCUT2D eigenvalue weighted by molar-refractivity contribution is 9.10. The van der Waals surface area contributed by atoms with E-state index in [0.29, 0.717) is 22.6 Å². The predicted octanol–water partition coefficient (Wildman–Crippen LogP) is 5.68. The lowest BCUT2D eigenvalue weighted by atomic mass is 9.89. The number of hydrogen-bond acceptors (Lipinski definition) is 2. The fourth-order valence-electron chi connectivity index (χ4n) is 3.45. The molecule has 0 saturated heterocycles. The number of benzene rings is 1. The molecule has 1 aliphatic rings. The second-order valence-corrected chi connectivity index (χ2v) is 8.10. The van der Waals surface area contributed by atoms with E-state index in [2.05, 4.69) is 26.2 Å². The molecule has 0 unspecified atom stereocenters. The number of nitrogens with one attached hydrogen (secondary N) is 1. The Kier molecular flexibility index (Phi) is 6.70. The maximum atomic E-state index is 12.7. The average Bonchev–Trinajstić information content (AvgIpc) is 2.93. The maximum Gasteiger partial charge on any atom is 0.416 e. The van der Waals surface area contributed by atoms with Gasteiger partial charge in [0, 0.05) is 6.54 Å². The summed E-state index contributed by atoms with van der Waals surface area (Å²) in [6.45, 7) is 0.732. The number of carbonyl (C=O) groups is 1. The molecule has 1 aliphatic carbocycles. The lowest BCUT2D eigenvalue weighted by molar-refractivity contribution is -0.137. The van der Waals surface area contributed by atoms with Crippen molar-refractivity contribution in [1.82, 2.24) is 14.9 Å². The first-order valence-electron chi connectivity index (χ1n) is 9.11. The molecule has 3 rings (SSSR count). The van der Waals surface area contributed by atoms with Gasteiger partial charge >= 0.3 is 6.18 Å². The zero-order chi connectivity index (χ0) is 20.3. The van der Waals surface area contributed by atoms with Crippen molar-refractivity contribution in [3.8, 4) is 0 Å². The average molecular weight is 479 g/mol. The van der Waals surface area contributed by atoms with Gasteiger partial charge in [0.25, 0.3) is 5.91 Å². The van der Waals surface area contributed by atoms with Crippen molar-refractivity contribution in [2.24, 2.45) is 5.92 Å². The monoisotopic (exact) mass is 477 g/mol. The van der Waals surface area contributed by atoms with Crippen molar-refractivity contribution in [1.29, 1.82) is 0 Å². The number of aromatic nitrogens is 2. The number of imidazole rings is 1. The Balaban J connectivity index is 1.74. The Labute approximate surface area is 174 Å². The second-order valence-electron chi connectivity index (χ2n) is 7.02. The van der Waals surface area contributed by atoms with Gasteiger partial charge in [-0.25, -0.2) is 4.98 Å². The minimum atomic E-state index is -4.39. The standard InChI is InChI=1S/C19H20BrClF3N3O/c20-16-15(17(28)25-10-12-4-2-1-3-5-12)27(18(21)26-16)11-13-6-8-14(9-7-13)19(22,23)24/h6-9,12H,1-5,10-11H2,(H,25,28). The largest absolute Gasteiger partial charge is 0.416 e. The van der Waals surface area contributed by atoms with Crippen LogP contribution in [0.3, 0.4) is 0 Å². The third kappa shape index (κ3) is 5.08. The van der Waals surface area contributed by atoms with Crippen LogP contribution in [-0.4, -0.2) is 22.0 Å². The Hall–Kier alpha value is -1.54. The van der Waals surface area contributed by atoms with Crippen molar-refractivity contribution in [2.75, 3.05) is 6.54 Å². The van der Waals surface area contributed by atoms with Crippen molar-refractivity contribution in [3.63, 3.8) is 0 Å². The van der Waals surface area contributed by atoms with E-state index in [4.69, 9.17) is 11.6 Å². The van der Waals surface area contributed by atoms with Crippen LogP contribution in [0.25, 0.3) is 0 Å². The van der Waals surface area contributed by atoms with Crippen molar-refractivity contribution >= 4 is 33.4 Å². The quantitative estimate of drug-likeness (QED) is 0.601. The molecule has 1 N–H and O–H groups in total. The van der Waals surface area contributed by atoms with Crippen LogP contribution in [0.15, 0.2) is 28.9 Å². The van der Waals surface area contributed by atoms with Crippen LogP contribution in [0.5, 0.6) is 0 Å². The van der Waals surface area contributed by atoms with Gasteiger partial charge in [-0.15, -0.1) is 0 Å². The number of carbonyl (C=O) groups excluding carboxylic acids is 1. The highest BCUT2D eigenvalue weighted by atomic mass is 79.9. The zero-order valence-corrected chi connectivity index (χ0v) is 17.4. The van der Waals surface area contributed by atoms with Gasteiger partial charge in [0.15, 0.2) is 0 Å². The number of amides is 1. The van der Waals surface area contributed by atoms with E-state index in [1.165, 1.54) is 36.0 Å². The minimum absolute atomic E-state index is 0.0922. The van der Waals surface area contributed by atoms with Gasteiger partial charge < -0.3 is 9.88 Å². The molecule has 0 bridgehead atoms. The third-order valence-electron chi connectivity index (χ3n) is 4.99. The van der Waals surface area contributed by atoms with E-state index in [-0.39, 0.29) is 23.4 Å². The molecule has 4 nitrogen and oxygen atoms in total. The van der Waals surface area contributed by atoms with E-state index in [0.717, 1.165) is 25.0 Å². The Bertz CT molecular complexity index is 830. The molecule has 2 aromatic rings. The number of rotatable bonds is 5. The van der Waals surface area contributed by atoms with E-state index in [1.54, 1.807) is 0 Å². The first-order valence-corrected chi connectivity index (χ1v) is 10.3. The van der Waals surface area contributed by atoms with Crippen LogP contribution in [0.1, 0.15) is 53.7 Å². The van der Waals surface area contributed by atoms with Gasteiger partial charge in [-0.1, -0.05) is 31.4 Å². The number of hydrogen-bond donors (Lipinski definition) is 1. The predicted molar refractivity (Wildman–Crippen MR) is 104 cm³/mol. The van der Waals surface area contributed by atoms with Gasteiger partial charge in [0.2, 0.25) is 5.28 Å². The SMILES string of the molecule is O=C(NCC1CCCCC1)c1c(Br)nc(Cl)n1Cc1ccc(C(F)(F)F)cc1. The molecule has 1 amide bonds. The zero-order valence-electron chi connectivity index (χ0n) is 15.0. The molecule has 28 heavy (non-hydrogen) atoms. The van der Waals surface area contributed by atoms with Gasteiger partial charge in [-0.2, -0.15) is 13.2 Å². The highest BCUT2D eigenvalue weighted by Crippen LogP contribution is 2.30. The summed E-state index contributed by atoms with van der Waals surface area (Å²) in [4.78, 5) is 16.8. The summed E-state index contributed by atoms with van der Waals surface area (Å²) in [6.07, 6.45) is 1.42. The molecular weight excluding hydrogens is 459 g/mol. The summed E-state index contributed by atoms with van der Waals surface area (Å²) in [5.41, 5.74) is 0.126. The molecule has 1 saturated carbocycles. The molecular formula is C19H20BrClF3N3O. The summed E-state index contributed by atoms with van der Waals surface area (Å²) in [7, 11) is 0. The van der Waals surface area contributed by atoms with E-state index in [1.807, 2.05) is 0 Å². The summed E-state index contributed by atoms with van der Waals surface area (Å²) >= 11 is 9.42. The Morgan fingerprint density at radius 2 is 1.86 bits per heavy atom. The van der Waals surface area contributed by atoms with Crippen LogP contribution in [-0.2, 0) is 12.7 Å². The Morgan fingerprint density at radius 1 is 1.21 bits per heavy atom. The molecule has 1 aromatic carbocycles. The molecule has 0 aliphatic heterocycles. The second kappa shape index (κ2) is 8.86. The molecule has 9 heteroatoms. The van der Waals surface area contributed by atoms with Crippen LogP contribution in [0, 0.1) is 5.92 Å². The Morgan fingerprint density at radius 3 is 2.46 bits per heavy atom. The summed E-state index contributed by atoms with van der Waals surface area (Å²) in [5.74, 6) is 0.169. The molecule has 1 aromatic heterocycles. The molecule has 1 heterocycles. The summed E-state index contributed by atoms with van der Waals surface area (Å²) < 4.78 is 40.0. The fourth-order valence-corrected chi connectivity index (χ4v) is 4.35. The van der Waals surface area contributed by atoms with E-state index < -0.39 is 11.7 Å². The first-order chi connectivity index (χ1) is 13.3. The highest BCUT2D eigenvalue weighted by Gasteiger charge is 2.30. The van der Waals surface area contributed by atoms with Gasteiger partial charge in [-0.05, 0) is 64.0 Å². The van der Waals surface area contributed by atoms with Crippen molar-refractivity contribution < 1.29 is 18.0 Å². The topological polar surface area (TPSA) is 46.9 Å². The number of alkyl halides is 3. The first kappa shape index (κ1) is 21.2. The number of halogens is 5. The van der Waals surface area contributed by atoms with Crippen LogP contribution in [0.2, 0.25) is 5.28 Å². The van der Waals surface area contributed by atoms with Crippen molar-refractivity contribution in [2.45, 2.75) is 44.8 Å². The van der Waals surface area contributed by atoms with Gasteiger partial charge in [-0.3, -0.25) is 4.79 Å². The normalized spacial score (nSPS) is 15.6. The van der Waals surface area contributed by atoms with Crippen LogP contribution in [0.4, 0.5) is 13.2 Å². The van der Waals surface area contributed by atoms with Crippen LogP contribution >= 0.6 is 27.5 Å². The van der Waals surface area contributed by atoms with Crippen molar-refractivity contribution in [3.05, 3.63) is 51.0 Å². The molecule has 0 radical (unpaired) electrons. The molecule has 1 fully saturated rings. The lowest BCUT2D eigenvalue weighted by Gasteiger charge is -2.21. The van der Waals surface area contributed by atoms with Gasteiger partial charge in [0.05, 0.1) is 12.1 Å². The van der Waals surface area contributed by atoms with E-state index >= 15 is 0 Å². The maximum absolute atomic E-state index is 12.7. The van der Waals surface area contributed by atoms with E-state index in [9.17, 15) is 18.0 Å². The summed E-state index contributed by atoms with van der Waals surface area (Å²) in [5, 5.41) is 3.03. The lowest BCUT2D eigenvalue weighted by Crippen LogP contribution is -2.32. The number of nitrogens with zero attached hydrogens (tertiary/aromatic N) is 2. The molecule has 0 atom stereocenters. The summed E-state index contributed by atoms with van der Waals surface area (Å²) in [6, 6.07) is 4.77.